The molecule has 0 aliphatic carbocycles. The maximum absolute atomic E-state index is 13.4. The molecule has 0 unspecified atom stereocenters. The molecule has 7 heteroatoms. The Kier molecular flexibility index (Phi) is 6.59. The smallest absolute Gasteiger partial charge is 0.320 e. The number of carbonyl (C=O) groups is 1. The molecule has 1 aromatic heterocycles. The number of para-hydroxylation sites is 1. The highest BCUT2D eigenvalue weighted by Crippen LogP contribution is 2.26. The van der Waals surface area contributed by atoms with Crippen LogP contribution < -0.4 is 4.74 Å². The van der Waals surface area contributed by atoms with E-state index >= 15 is 0 Å². The molecule has 0 N–H and O–H groups in total. The van der Waals surface area contributed by atoms with Gasteiger partial charge in [-0.15, -0.1) is 0 Å². The molecule has 4 rings (SSSR count). The Bertz CT molecular complexity index is 1080. The van der Waals surface area contributed by atoms with E-state index in [1.807, 2.05) is 54.3 Å². The zero-order chi connectivity index (χ0) is 21.8. The minimum absolute atomic E-state index is 0.0467. The number of benzene rings is 2. The Morgan fingerprint density at radius 1 is 1.13 bits per heavy atom. The molecule has 1 aliphatic rings. The molecule has 162 valence electrons. The molecule has 0 spiro atoms. The van der Waals surface area contributed by atoms with Crippen LogP contribution in [0.15, 0.2) is 48.5 Å². The van der Waals surface area contributed by atoms with Crippen molar-refractivity contribution in [2.45, 2.75) is 20.0 Å². The van der Waals surface area contributed by atoms with E-state index < -0.39 is 0 Å². The van der Waals surface area contributed by atoms with Crippen molar-refractivity contribution in [2.24, 2.45) is 0 Å². The number of rotatable bonds is 5. The normalized spacial score (nSPS) is 14.0. The van der Waals surface area contributed by atoms with Crippen LogP contribution in [0.2, 0.25) is 5.15 Å². The van der Waals surface area contributed by atoms with E-state index in [2.05, 4.69) is 11.1 Å². The SMILES string of the molecule is COc1ccccc1CN(Cc1cc2cc(C)ccc2nc1Cl)C(=O)N1CCOCC1. The largest absolute Gasteiger partial charge is 0.496 e. The molecule has 0 bridgehead atoms. The summed E-state index contributed by atoms with van der Waals surface area (Å²) in [5, 5.41) is 1.42. The molecule has 2 aromatic carbocycles. The number of hydrogen-bond donors (Lipinski definition) is 0. The first-order valence-corrected chi connectivity index (χ1v) is 10.7. The predicted molar refractivity (Wildman–Crippen MR) is 122 cm³/mol. The van der Waals surface area contributed by atoms with Gasteiger partial charge in [0.05, 0.1) is 38.9 Å². The summed E-state index contributed by atoms with van der Waals surface area (Å²) in [5.74, 6) is 0.751. The highest BCUT2D eigenvalue weighted by Gasteiger charge is 2.25. The monoisotopic (exact) mass is 439 g/mol. The number of nitrogens with zero attached hydrogens (tertiary/aromatic N) is 3. The molecule has 3 aromatic rings. The van der Waals surface area contributed by atoms with Crippen molar-refractivity contribution < 1.29 is 14.3 Å². The van der Waals surface area contributed by atoms with Crippen molar-refractivity contribution >= 4 is 28.5 Å². The molecule has 0 atom stereocenters. The Morgan fingerprint density at radius 3 is 2.65 bits per heavy atom. The summed E-state index contributed by atoms with van der Waals surface area (Å²) in [5.41, 5.74) is 3.75. The number of aromatic nitrogens is 1. The Morgan fingerprint density at radius 2 is 1.87 bits per heavy atom. The number of pyridine rings is 1. The standard InChI is InChI=1S/C24H26ClN3O3/c1-17-7-8-21-19(13-17)14-20(23(25)26-21)16-28(24(29)27-9-11-31-12-10-27)15-18-5-3-4-6-22(18)30-2/h3-8,13-14H,9-12,15-16H2,1-2H3. The molecular formula is C24H26ClN3O3. The average molecular weight is 440 g/mol. The molecule has 0 radical (unpaired) electrons. The fourth-order valence-electron chi connectivity index (χ4n) is 3.82. The number of morpholine rings is 1. The van der Waals surface area contributed by atoms with Crippen LogP contribution in [-0.2, 0) is 17.8 Å². The minimum Gasteiger partial charge on any atom is -0.496 e. The van der Waals surface area contributed by atoms with Gasteiger partial charge in [0.25, 0.3) is 0 Å². The topological polar surface area (TPSA) is 54.9 Å². The molecule has 6 nitrogen and oxygen atoms in total. The lowest BCUT2D eigenvalue weighted by molar-refractivity contribution is 0.0418. The quantitative estimate of drug-likeness (QED) is 0.542. The Hall–Kier alpha value is -2.83. The highest BCUT2D eigenvalue weighted by molar-refractivity contribution is 6.30. The van der Waals surface area contributed by atoms with E-state index in [4.69, 9.17) is 21.1 Å². The van der Waals surface area contributed by atoms with Crippen LogP contribution in [0.5, 0.6) is 5.75 Å². The maximum Gasteiger partial charge on any atom is 0.320 e. The van der Waals surface area contributed by atoms with E-state index in [0.717, 1.165) is 33.3 Å². The number of fused-ring (bicyclic) bond motifs is 1. The first-order valence-electron chi connectivity index (χ1n) is 10.3. The van der Waals surface area contributed by atoms with Crippen LogP contribution in [0, 0.1) is 6.92 Å². The third-order valence-electron chi connectivity index (χ3n) is 5.46. The van der Waals surface area contributed by atoms with Gasteiger partial charge in [0, 0.05) is 29.6 Å². The third kappa shape index (κ3) is 4.92. The second-order valence-corrected chi connectivity index (χ2v) is 8.04. The van der Waals surface area contributed by atoms with Gasteiger partial charge < -0.3 is 19.3 Å². The zero-order valence-corrected chi connectivity index (χ0v) is 18.6. The van der Waals surface area contributed by atoms with Crippen molar-refractivity contribution in [1.29, 1.82) is 0 Å². The van der Waals surface area contributed by atoms with Gasteiger partial charge in [0.15, 0.2) is 0 Å². The van der Waals surface area contributed by atoms with Crippen LogP contribution in [0.25, 0.3) is 10.9 Å². The zero-order valence-electron chi connectivity index (χ0n) is 17.8. The number of aryl methyl sites for hydroxylation is 1. The summed E-state index contributed by atoms with van der Waals surface area (Å²) < 4.78 is 10.9. The molecule has 2 heterocycles. The lowest BCUT2D eigenvalue weighted by Crippen LogP contribution is -2.47. The van der Waals surface area contributed by atoms with Gasteiger partial charge in [-0.05, 0) is 31.2 Å². The summed E-state index contributed by atoms with van der Waals surface area (Å²) in [6.45, 7) is 5.04. The minimum atomic E-state index is -0.0467. The van der Waals surface area contributed by atoms with E-state index in [1.54, 1.807) is 12.0 Å². The van der Waals surface area contributed by atoms with E-state index in [1.165, 1.54) is 0 Å². The average Bonchev–Trinajstić information content (AvgIpc) is 2.79. The molecule has 1 saturated heterocycles. The summed E-state index contributed by atoms with van der Waals surface area (Å²) >= 11 is 6.53. The van der Waals surface area contributed by atoms with Crippen LogP contribution in [-0.4, -0.2) is 54.2 Å². The fraction of sp³-hybridized carbons (Fsp3) is 0.333. The van der Waals surface area contributed by atoms with Crippen LogP contribution in [0.4, 0.5) is 4.79 Å². The molecule has 2 amide bonds. The summed E-state index contributed by atoms with van der Waals surface area (Å²) in [6, 6.07) is 15.8. The van der Waals surface area contributed by atoms with Gasteiger partial charge in [0.1, 0.15) is 10.9 Å². The van der Waals surface area contributed by atoms with Crippen molar-refractivity contribution in [3.8, 4) is 5.75 Å². The first kappa shape index (κ1) is 21.4. The van der Waals surface area contributed by atoms with Gasteiger partial charge in [-0.25, -0.2) is 9.78 Å². The first-order chi connectivity index (χ1) is 15.0. The Balaban J connectivity index is 1.67. The number of halogens is 1. The van der Waals surface area contributed by atoms with Crippen molar-refractivity contribution in [3.63, 3.8) is 0 Å². The van der Waals surface area contributed by atoms with Crippen LogP contribution >= 0.6 is 11.6 Å². The number of urea groups is 1. The number of methoxy groups -OCH3 is 1. The lowest BCUT2D eigenvalue weighted by atomic mass is 10.1. The van der Waals surface area contributed by atoms with E-state index in [0.29, 0.717) is 44.5 Å². The van der Waals surface area contributed by atoms with Crippen molar-refractivity contribution in [1.82, 2.24) is 14.8 Å². The Labute approximate surface area is 187 Å². The summed E-state index contributed by atoms with van der Waals surface area (Å²) in [7, 11) is 1.64. The molecule has 0 saturated carbocycles. The van der Waals surface area contributed by atoms with Crippen molar-refractivity contribution in [3.05, 3.63) is 70.4 Å². The predicted octanol–water partition coefficient (Wildman–Crippen LogP) is 4.66. The fourth-order valence-corrected chi connectivity index (χ4v) is 4.02. The summed E-state index contributed by atoms with van der Waals surface area (Å²) in [6.07, 6.45) is 0. The summed E-state index contributed by atoms with van der Waals surface area (Å²) in [4.78, 5) is 21.6. The number of hydrogen-bond acceptors (Lipinski definition) is 4. The highest BCUT2D eigenvalue weighted by atomic mass is 35.5. The van der Waals surface area contributed by atoms with Crippen LogP contribution in [0.1, 0.15) is 16.7 Å². The molecule has 1 fully saturated rings. The number of amides is 2. The second kappa shape index (κ2) is 9.54. The number of ether oxygens (including phenoxy) is 2. The van der Waals surface area contributed by atoms with Gasteiger partial charge in [-0.1, -0.05) is 41.4 Å². The molecule has 31 heavy (non-hydrogen) atoms. The second-order valence-electron chi connectivity index (χ2n) is 7.68. The molecule has 1 aliphatic heterocycles. The van der Waals surface area contributed by atoms with E-state index in [-0.39, 0.29) is 6.03 Å². The van der Waals surface area contributed by atoms with Gasteiger partial charge >= 0.3 is 6.03 Å². The van der Waals surface area contributed by atoms with Gasteiger partial charge in [-0.3, -0.25) is 0 Å². The number of carbonyl (C=O) groups excluding carboxylic acids is 1. The van der Waals surface area contributed by atoms with Crippen LogP contribution in [0.3, 0.4) is 0 Å². The lowest BCUT2D eigenvalue weighted by Gasteiger charge is -2.33. The van der Waals surface area contributed by atoms with E-state index in [9.17, 15) is 4.79 Å². The van der Waals surface area contributed by atoms with Gasteiger partial charge in [0.2, 0.25) is 0 Å². The third-order valence-corrected chi connectivity index (χ3v) is 5.79. The van der Waals surface area contributed by atoms with Crippen molar-refractivity contribution in [2.75, 3.05) is 33.4 Å². The molecular weight excluding hydrogens is 414 g/mol. The maximum atomic E-state index is 13.4. The van der Waals surface area contributed by atoms with Gasteiger partial charge in [-0.2, -0.15) is 0 Å².